The number of nitrogens with two attached hydrogens (primary N) is 1. The standard InChI is InChI=1S/C26H15ClF8N4O2/c1-39-17(8-25(30,31)32)12-7-13(18-14(23(36)40)4-9(5-16(18)29)26(33,34)35)19-20(22(12)38-39)24(41)37-21(19)11-6-10(28)2-3-15(11)27/h2-7,21H,8H2,1H3,(H2,36,40)(H,37,41). The summed E-state index contributed by atoms with van der Waals surface area (Å²) in [4.78, 5) is 25.6. The quantitative estimate of drug-likeness (QED) is 0.272. The summed E-state index contributed by atoms with van der Waals surface area (Å²) in [5, 5.41) is 6.21. The molecule has 6 nitrogen and oxygen atoms in total. The fraction of sp³-hybridized carbons (Fsp3) is 0.192. The summed E-state index contributed by atoms with van der Waals surface area (Å²) in [5.74, 6) is -4.79. The lowest BCUT2D eigenvalue weighted by Gasteiger charge is -2.20. The zero-order chi connectivity index (χ0) is 30.2. The number of benzene rings is 3. The molecule has 1 aliphatic rings. The second kappa shape index (κ2) is 9.43. The fourth-order valence-corrected chi connectivity index (χ4v) is 5.24. The first-order valence-corrected chi connectivity index (χ1v) is 11.9. The predicted octanol–water partition coefficient (Wildman–Crippen LogP) is 6.23. The molecule has 5 rings (SSSR count). The number of hydrogen-bond acceptors (Lipinski definition) is 3. The highest BCUT2D eigenvalue weighted by atomic mass is 35.5. The van der Waals surface area contributed by atoms with Gasteiger partial charge in [0.2, 0.25) is 5.91 Å². The van der Waals surface area contributed by atoms with E-state index in [-0.39, 0.29) is 38.7 Å². The number of carbonyl (C=O) groups excluding carboxylic acids is 2. The zero-order valence-corrected chi connectivity index (χ0v) is 21.2. The van der Waals surface area contributed by atoms with Crippen LogP contribution in [0.2, 0.25) is 5.02 Å². The summed E-state index contributed by atoms with van der Waals surface area (Å²) in [5.41, 5.74) is 0.267. The molecule has 41 heavy (non-hydrogen) atoms. The van der Waals surface area contributed by atoms with Crippen molar-refractivity contribution >= 4 is 34.3 Å². The number of aryl methyl sites for hydroxylation is 1. The van der Waals surface area contributed by atoms with E-state index in [1.54, 1.807) is 0 Å². The maximum atomic E-state index is 15.6. The summed E-state index contributed by atoms with van der Waals surface area (Å²) in [6.45, 7) is 0. The molecule has 0 fully saturated rings. The third-order valence-electron chi connectivity index (χ3n) is 6.67. The maximum Gasteiger partial charge on any atom is 0.416 e. The second-order valence-electron chi connectivity index (χ2n) is 9.29. The Hall–Kier alpha value is -4.20. The highest BCUT2D eigenvalue weighted by Crippen LogP contribution is 2.47. The molecule has 0 spiro atoms. The number of rotatable bonds is 4. The molecule has 1 aromatic heterocycles. The van der Waals surface area contributed by atoms with E-state index in [0.29, 0.717) is 6.07 Å². The largest absolute Gasteiger partial charge is 0.416 e. The lowest BCUT2D eigenvalue weighted by Crippen LogP contribution is -2.21. The number of nitrogens with zero attached hydrogens (tertiary/aromatic N) is 2. The number of fused-ring (bicyclic) bond motifs is 3. The highest BCUT2D eigenvalue weighted by molar-refractivity contribution is 6.31. The SMILES string of the molecule is Cn1nc2c3c(c(-c4c(F)cc(C(F)(F)F)cc4C(N)=O)cc2c1CC(F)(F)F)C(c1cc(F)ccc1Cl)NC3=O. The second-order valence-corrected chi connectivity index (χ2v) is 9.69. The van der Waals surface area contributed by atoms with Gasteiger partial charge in [-0.15, -0.1) is 0 Å². The van der Waals surface area contributed by atoms with Gasteiger partial charge in [0.05, 0.1) is 34.8 Å². The Labute approximate surface area is 229 Å². The van der Waals surface area contributed by atoms with Gasteiger partial charge >= 0.3 is 12.4 Å². The zero-order valence-electron chi connectivity index (χ0n) is 20.4. The minimum atomic E-state index is -5.09. The van der Waals surface area contributed by atoms with E-state index < -0.39 is 76.2 Å². The minimum absolute atomic E-state index is 0.0567. The summed E-state index contributed by atoms with van der Waals surface area (Å²) >= 11 is 6.26. The average Bonchev–Trinajstić information content (AvgIpc) is 3.34. The molecule has 3 N–H and O–H groups in total. The van der Waals surface area contributed by atoms with Crippen LogP contribution >= 0.6 is 11.6 Å². The fourth-order valence-electron chi connectivity index (χ4n) is 5.01. The van der Waals surface area contributed by atoms with Crippen LogP contribution in [-0.4, -0.2) is 27.8 Å². The van der Waals surface area contributed by atoms with Crippen LogP contribution in [0.3, 0.4) is 0 Å². The van der Waals surface area contributed by atoms with Crippen LogP contribution in [-0.2, 0) is 19.6 Å². The third kappa shape index (κ3) is 4.85. The van der Waals surface area contributed by atoms with Crippen molar-refractivity contribution in [1.29, 1.82) is 0 Å². The average molecular weight is 603 g/mol. The van der Waals surface area contributed by atoms with Crippen LogP contribution in [0.25, 0.3) is 22.0 Å². The number of hydrogen-bond donors (Lipinski definition) is 2. The van der Waals surface area contributed by atoms with Gasteiger partial charge in [-0.25, -0.2) is 8.78 Å². The molecule has 0 saturated heterocycles. The summed E-state index contributed by atoms with van der Waals surface area (Å²) in [7, 11) is 1.18. The molecule has 1 unspecified atom stereocenters. The van der Waals surface area contributed by atoms with Gasteiger partial charge in [0.15, 0.2) is 0 Å². The van der Waals surface area contributed by atoms with Crippen molar-refractivity contribution in [3.63, 3.8) is 0 Å². The monoisotopic (exact) mass is 602 g/mol. The Kier molecular flexibility index (Phi) is 6.52. The van der Waals surface area contributed by atoms with E-state index in [4.69, 9.17) is 17.3 Å². The van der Waals surface area contributed by atoms with Crippen molar-refractivity contribution in [3.05, 3.63) is 86.6 Å². The van der Waals surface area contributed by atoms with Gasteiger partial charge in [0, 0.05) is 34.1 Å². The van der Waals surface area contributed by atoms with Crippen LogP contribution in [0, 0.1) is 11.6 Å². The van der Waals surface area contributed by atoms with Crippen LogP contribution in [0.5, 0.6) is 0 Å². The molecular weight excluding hydrogens is 588 g/mol. The van der Waals surface area contributed by atoms with Crippen LogP contribution in [0.4, 0.5) is 35.1 Å². The van der Waals surface area contributed by atoms with Crippen molar-refractivity contribution in [2.24, 2.45) is 12.8 Å². The molecule has 3 aromatic carbocycles. The van der Waals surface area contributed by atoms with Crippen molar-refractivity contribution in [2.75, 3.05) is 0 Å². The van der Waals surface area contributed by atoms with E-state index in [0.717, 1.165) is 28.9 Å². The Morgan fingerprint density at radius 3 is 2.37 bits per heavy atom. The number of aromatic nitrogens is 2. The molecule has 0 saturated carbocycles. The van der Waals surface area contributed by atoms with Crippen LogP contribution in [0.15, 0.2) is 36.4 Å². The molecule has 2 amide bonds. The minimum Gasteiger partial charge on any atom is -0.366 e. The van der Waals surface area contributed by atoms with Crippen LogP contribution < -0.4 is 11.1 Å². The smallest absolute Gasteiger partial charge is 0.366 e. The molecule has 214 valence electrons. The molecule has 0 bridgehead atoms. The Morgan fingerprint density at radius 1 is 1.07 bits per heavy atom. The Morgan fingerprint density at radius 2 is 1.76 bits per heavy atom. The topological polar surface area (TPSA) is 90.0 Å². The number of alkyl halides is 6. The lowest BCUT2D eigenvalue weighted by molar-refractivity contribution is -0.137. The number of amides is 2. The number of carbonyl (C=O) groups is 2. The van der Waals surface area contributed by atoms with Gasteiger partial charge in [-0.2, -0.15) is 31.4 Å². The first-order valence-electron chi connectivity index (χ1n) is 11.5. The van der Waals surface area contributed by atoms with E-state index in [9.17, 15) is 40.3 Å². The van der Waals surface area contributed by atoms with Gasteiger partial charge in [-0.3, -0.25) is 14.3 Å². The first-order chi connectivity index (χ1) is 19.0. The predicted molar refractivity (Wildman–Crippen MR) is 130 cm³/mol. The molecule has 15 heteroatoms. The van der Waals surface area contributed by atoms with Crippen molar-refractivity contribution in [2.45, 2.75) is 24.8 Å². The van der Waals surface area contributed by atoms with Crippen molar-refractivity contribution in [1.82, 2.24) is 15.1 Å². The van der Waals surface area contributed by atoms with Crippen molar-refractivity contribution in [3.8, 4) is 11.1 Å². The molecule has 1 aliphatic heterocycles. The van der Waals surface area contributed by atoms with Crippen molar-refractivity contribution < 1.29 is 44.7 Å². The summed E-state index contributed by atoms with van der Waals surface area (Å²) in [6.07, 6.45) is -11.4. The van der Waals surface area contributed by atoms with E-state index in [2.05, 4.69) is 10.4 Å². The van der Waals surface area contributed by atoms with Gasteiger partial charge in [-0.05, 0) is 42.0 Å². The van der Waals surface area contributed by atoms with Crippen LogP contribution in [0.1, 0.15) is 49.1 Å². The number of primary amides is 1. The molecule has 0 aliphatic carbocycles. The summed E-state index contributed by atoms with van der Waals surface area (Å²) in [6, 6.07) is 3.12. The van der Waals surface area contributed by atoms with Gasteiger partial charge in [0.25, 0.3) is 5.91 Å². The molecular formula is C26H15ClF8N4O2. The Bertz CT molecular complexity index is 1780. The van der Waals surface area contributed by atoms with E-state index >= 15 is 4.39 Å². The lowest BCUT2D eigenvalue weighted by atomic mass is 9.85. The summed E-state index contributed by atoms with van der Waals surface area (Å²) < 4.78 is 111. The number of nitrogens with one attached hydrogen (secondary N) is 1. The maximum absolute atomic E-state index is 15.6. The number of halogens is 9. The van der Waals surface area contributed by atoms with Gasteiger partial charge in [0.1, 0.15) is 17.2 Å². The molecule has 4 aromatic rings. The van der Waals surface area contributed by atoms with Gasteiger partial charge < -0.3 is 11.1 Å². The molecule has 0 radical (unpaired) electrons. The van der Waals surface area contributed by atoms with E-state index in [1.807, 2.05) is 0 Å². The highest BCUT2D eigenvalue weighted by Gasteiger charge is 2.41. The van der Waals surface area contributed by atoms with Gasteiger partial charge in [-0.1, -0.05) is 11.6 Å². The molecule has 1 atom stereocenters. The van der Waals surface area contributed by atoms with E-state index in [1.165, 1.54) is 7.05 Å². The first kappa shape index (κ1) is 28.3. The normalized spacial score (nSPS) is 15.4. The Balaban J connectivity index is 1.95. The third-order valence-corrected chi connectivity index (χ3v) is 7.02. The molecule has 2 heterocycles.